The molecule has 4 aromatic rings. The first-order valence-electron chi connectivity index (χ1n) is 9.68. The number of carbonyl (C=O) groups is 2. The number of hydrazine groups is 1. The van der Waals surface area contributed by atoms with Crippen molar-refractivity contribution in [1.29, 1.82) is 0 Å². The fraction of sp³-hybridized carbons (Fsp3) is 0.143. The summed E-state index contributed by atoms with van der Waals surface area (Å²) >= 11 is 7.14. The van der Waals surface area contributed by atoms with Crippen LogP contribution in [-0.4, -0.2) is 42.0 Å². The van der Waals surface area contributed by atoms with E-state index in [4.69, 9.17) is 11.6 Å². The van der Waals surface area contributed by atoms with Crippen molar-refractivity contribution < 1.29 is 14.7 Å². The molecule has 9 nitrogen and oxygen atoms in total. The number of aryl methyl sites for hydroxylation is 1. The summed E-state index contributed by atoms with van der Waals surface area (Å²) < 4.78 is 3.36. The number of halogens is 1. The second-order valence-corrected chi connectivity index (χ2v) is 8.08. The third-order valence-corrected chi connectivity index (χ3v) is 5.81. The Kier molecular flexibility index (Phi) is 6.33. The molecule has 2 heterocycles. The highest BCUT2D eigenvalue weighted by Crippen LogP contribution is 2.24. The number of imidazole rings is 1. The van der Waals surface area contributed by atoms with Crippen LogP contribution in [0.5, 0.6) is 5.75 Å². The van der Waals surface area contributed by atoms with Gasteiger partial charge in [0, 0.05) is 11.6 Å². The molecule has 0 fully saturated rings. The Hall–Kier alpha value is -3.50. The fourth-order valence-corrected chi connectivity index (χ4v) is 4.08. The molecule has 164 valence electrons. The van der Waals surface area contributed by atoms with E-state index in [0.29, 0.717) is 10.7 Å². The topological polar surface area (TPSA) is 114 Å². The van der Waals surface area contributed by atoms with Gasteiger partial charge in [-0.15, -0.1) is 0 Å². The van der Waals surface area contributed by atoms with Crippen LogP contribution in [0.2, 0.25) is 5.02 Å². The third-order valence-electron chi connectivity index (χ3n) is 4.58. The molecule has 0 aliphatic carbocycles. The van der Waals surface area contributed by atoms with Crippen LogP contribution >= 0.6 is 23.4 Å². The smallest absolute Gasteiger partial charge is 0.294 e. The van der Waals surface area contributed by atoms with Crippen molar-refractivity contribution in [3.8, 4) is 11.4 Å². The molecule has 0 aliphatic rings. The van der Waals surface area contributed by atoms with E-state index >= 15 is 0 Å². The number of aromatic nitrogens is 4. The van der Waals surface area contributed by atoms with E-state index in [1.54, 1.807) is 24.3 Å². The zero-order valence-electron chi connectivity index (χ0n) is 16.9. The number of nitrogens with one attached hydrogen (secondary N) is 2. The van der Waals surface area contributed by atoms with Crippen molar-refractivity contribution >= 4 is 46.2 Å². The molecule has 0 radical (unpaired) electrons. The molecule has 0 bridgehead atoms. The minimum Gasteiger partial charge on any atom is -0.504 e. The van der Waals surface area contributed by atoms with Gasteiger partial charge in [-0.1, -0.05) is 35.5 Å². The highest BCUT2D eigenvalue weighted by Gasteiger charge is 2.18. The maximum absolute atomic E-state index is 12.4. The van der Waals surface area contributed by atoms with E-state index in [-0.39, 0.29) is 17.2 Å². The van der Waals surface area contributed by atoms with E-state index in [2.05, 4.69) is 20.9 Å². The number of amides is 2. The molecule has 0 unspecified atom stereocenters. The molecule has 0 saturated heterocycles. The van der Waals surface area contributed by atoms with Gasteiger partial charge in [-0.05, 0) is 43.3 Å². The second-order valence-electron chi connectivity index (χ2n) is 6.70. The highest BCUT2D eigenvalue weighted by atomic mass is 35.5. The van der Waals surface area contributed by atoms with Crippen molar-refractivity contribution in [3.05, 3.63) is 65.4 Å². The number of benzene rings is 2. The number of para-hydroxylation sites is 2. The van der Waals surface area contributed by atoms with Gasteiger partial charge in [0.25, 0.3) is 5.91 Å². The Labute approximate surface area is 192 Å². The molecule has 0 saturated carbocycles. The van der Waals surface area contributed by atoms with Gasteiger partial charge in [0.15, 0.2) is 16.6 Å². The van der Waals surface area contributed by atoms with Gasteiger partial charge in [0.2, 0.25) is 5.91 Å². The third kappa shape index (κ3) is 4.56. The predicted octanol–water partition coefficient (Wildman–Crippen LogP) is 3.15. The van der Waals surface area contributed by atoms with Crippen molar-refractivity contribution in [1.82, 2.24) is 30.2 Å². The minimum absolute atomic E-state index is 0.0504. The van der Waals surface area contributed by atoms with Crippen LogP contribution in [0.25, 0.3) is 16.7 Å². The Morgan fingerprint density at radius 3 is 2.62 bits per heavy atom. The van der Waals surface area contributed by atoms with Crippen LogP contribution < -0.4 is 10.9 Å². The van der Waals surface area contributed by atoms with Gasteiger partial charge < -0.3 is 9.67 Å². The monoisotopic (exact) mass is 470 g/mol. The zero-order chi connectivity index (χ0) is 22.7. The first-order valence-corrected chi connectivity index (χ1v) is 11.0. The second kappa shape index (κ2) is 9.33. The Bertz CT molecular complexity index is 1280. The lowest BCUT2D eigenvalue weighted by Crippen LogP contribution is -2.42. The Balaban J connectivity index is 1.35. The molecule has 2 aromatic carbocycles. The number of aromatic hydroxyl groups is 1. The van der Waals surface area contributed by atoms with Gasteiger partial charge in [0.05, 0.1) is 28.7 Å². The maximum Gasteiger partial charge on any atom is 0.294 e. The lowest BCUT2D eigenvalue weighted by molar-refractivity contribution is -0.119. The van der Waals surface area contributed by atoms with Crippen LogP contribution in [0.15, 0.2) is 59.9 Å². The van der Waals surface area contributed by atoms with Gasteiger partial charge >= 0.3 is 0 Å². The number of hydrogen-bond donors (Lipinski definition) is 3. The molecule has 32 heavy (non-hydrogen) atoms. The van der Waals surface area contributed by atoms with Gasteiger partial charge in [-0.25, -0.2) is 9.67 Å². The van der Waals surface area contributed by atoms with E-state index in [9.17, 15) is 14.7 Å². The SMILES string of the molecule is CCn1c(SCC(=O)NNC(=O)c2nn(-c3ccc(Cl)cc3)cc2O)nc2ccccc21. The lowest BCUT2D eigenvalue weighted by Gasteiger charge is -2.07. The molecular weight excluding hydrogens is 452 g/mol. The van der Waals surface area contributed by atoms with Crippen LogP contribution in [0.1, 0.15) is 17.4 Å². The summed E-state index contributed by atoms with van der Waals surface area (Å²) in [5.74, 6) is -1.43. The summed E-state index contributed by atoms with van der Waals surface area (Å²) in [5, 5.41) is 15.4. The normalized spacial score (nSPS) is 10.9. The van der Waals surface area contributed by atoms with Crippen molar-refractivity contribution in [2.45, 2.75) is 18.6 Å². The van der Waals surface area contributed by atoms with Crippen LogP contribution in [0.3, 0.4) is 0 Å². The van der Waals surface area contributed by atoms with E-state index in [1.165, 1.54) is 22.6 Å². The van der Waals surface area contributed by atoms with Crippen LogP contribution in [0, 0.1) is 0 Å². The van der Waals surface area contributed by atoms with E-state index in [0.717, 1.165) is 22.7 Å². The molecular formula is C21H19ClN6O3S. The summed E-state index contributed by atoms with van der Waals surface area (Å²) in [6.07, 6.45) is 1.30. The molecule has 11 heteroatoms. The number of fused-ring (bicyclic) bond motifs is 1. The van der Waals surface area contributed by atoms with E-state index < -0.39 is 11.8 Å². The lowest BCUT2D eigenvalue weighted by atomic mass is 10.3. The summed E-state index contributed by atoms with van der Waals surface area (Å²) in [6, 6.07) is 14.5. The van der Waals surface area contributed by atoms with Gasteiger partial charge in [-0.3, -0.25) is 20.4 Å². The molecule has 4 rings (SSSR count). The fourth-order valence-electron chi connectivity index (χ4n) is 3.07. The summed E-state index contributed by atoms with van der Waals surface area (Å²) in [7, 11) is 0. The number of hydrogen-bond acceptors (Lipinski definition) is 6. The summed E-state index contributed by atoms with van der Waals surface area (Å²) in [5.41, 5.74) is 6.85. The van der Waals surface area contributed by atoms with Gasteiger partial charge in [-0.2, -0.15) is 5.10 Å². The Morgan fingerprint density at radius 2 is 1.88 bits per heavy atom. The summed E-state index contributed by atoms with van der Waals surface area (Å²) in [4.78, 5) is 29.1. The van der Waals surface area contributed by atoms with Gasteiger partial charge in [0.1, 0.15) is 0 Å². The largest absolute Gasteiger partial charge is 0.504 e. The van der Waals surface area contributed by atoms with Crippen molar-refractivity contribution in [2.75, 3.05) is 5.75 Å². The number of thioether (sulfide) groups is 1. The Morgan fingerprint density at radius 1 is 1.12 bits per heavy atom. The molecule has 2 aromatic heterocycles. The van der Waals surface area contributed by atoms with Crippen LogP contribution in [0.4, 0.5) is 0 Å². The quantitative estimate of drug-likeness (QED) is 0.294. The molecule has 0 spiro atoms. The first-order chi connectivity index (χ1) is 15.5. The number of carbonyl (C=O) groups excluding carboxylic acids is 2. The average Bonchev–Trinajstić information content (AvgIpc) is 3.36. The molecule has 0 atom stereocenters. The molecule has 0 aliphatic heterocycles. The molecule has 2 amide bonds. The minimum atomic E-state index is -0.741. The van der Waals surface area contributed by atoms with E-state index in [1.807, 2.05) is 35.8 Å². The highest BCUT2D eigenvalue weighted by molar-refractivity contribution is 7.99. The van der Waals surface area contributed by atoms with Crippen molar-refractivity contribution in [2.24, 2.45) is 0 Å². The average molecular weight is 471 g/mol. The standard InChI is InChI=1S/C21H19ClN6O3S/c1-2-27-16-6-4-3-5-15(16)23-21(27)32-12-18(30)24-25-20(31)19-17(29)11-28(26-19)14-9-7-13(22)8-10-14/h3-11,29H,2,12H2,1H3,(H,24,30)(H,25,31). The van der Waals surface area contributed by atoms with Crippen LogP contribution in [-0.2, 0) is 11.3 Å². The van der Waals surface area contributed by atoms with Crippen molar-refractivity contribution in [3.63, 3.8) is 0 Å². The number of nitrogens with zero attached hydrogens (tertiary/aromatic N) is 4. The first kappa shape index (κ1) is 21.7. The summed E-state index contributed by atoms with van der Waals surface area (Å²) in [6.45, 7) is 2.73. The molecule has 3 N–H and O–H groups in total. The zero-order valence-corrected chi connectivity index (χ0v) is 18.5. The number of rotatable bonds is 6. The maximum atomic E-state index is 12.4. The predicted molar refractivity (Wildman–Crippen MR) is 122 cm³/mol.